The minimum Gasteiger partial charge on any atom is -0.384 e. The summed E-state index contributed by atoms with van der Waals surface area (Å²) in [5, 5.41) is 10.1. The van der Waals surface area contributed by atoms with E-state index < -0.39 is 0 Å². The van der Waals surface area contributed by atoms with Gasteiger partial charge in [0.15, 0.2) is 11.6 Å². The zero-order valence-electron chi connectivity index (χ0n) is 11.0. The van der Waals surface area contributed by atoms with Gasteiger partial charge in [-0.2, -0.15) is 5.10 Å². The number of nitrogens with two attached hydrogens (primary N) is 1. The van der Waals surface area contributed by atoms with Crippen molar-refractivity contribution in [3.63, 3.8) is 0 Å². The maximum Gasteiger partial charge on any atom is 0.163 e. The lowest BCUT2D eigenvalue weighted by atomic mass is 10.2. The summed E-state index contributed by atoms with van der Waals surface area (Å²) in [5.74, 6) is 2.30. The largest absolute Gasteiger partial charge is 0.384 e. The third-order valence-corrected chi connectivity index (χ3v) is 2.74. The Bertz CT molecular complexity index is 720. The van der Waals surface area contributed by atoms with Gasteiger partial charge in [0.25, 0.3) is 0 Å². The molecule has 100 valence electrons. The van der Waals surface area contributed by atoms with Crippen molar-refractivity contribution < 1.29 is 0 Å². The second kappa shape index (κ2) is 5.00. The number of rotatable bonds is 3. The number of aromatic nitrogens is 4. The fourth-order valence-corrected chi connectivity index (χ4v) is 1.86. The van der Waals surface area contributed by atoms with E-state index in [1.54, 1.807) is 6.07 Å². The van der Waals surface area contributed by atoms with E-state index in [-0.39, 0.29) is 0 Å². The number of hydrogen-bond acceptors (Lipinski definition) is 5. The van der Waals surface area contributed by atoms with Crippen molar-refractivity contribution in [2.24, 2.45) is 0 Å². The summed E-state index contributed by atoms with van der Waals surface area (Å²) in [7, 11) is 0. The Kier molecular flexibility index (Phi) is 3.04. The average molecular weight is 266 g/mol. The number of hydrogen-bond donors (Lipinski definition) is 3. The van der Waals surface area contributed by atoms with Gasteiger partial charge >= 0.3 is 0 Å². The van der Waals surface area contributed by atoms with Crippen molar-refractivity contribution >= 4 is 17.5 Å². The first-order valence-electron chi connectivity index (χ1n) is 6.20. The first-order valence-corrected chi connectivity index (χ1v) is 6.20. The second-order valence-electron chi connectivity index (χ2n) is 4.43. The van der Waals surface area contributed by atoms with Gasteiger partial charge in [0.05, 0.1) is 0 Å². The van der Waals surface area contributed by atoms with E-state index in [0.717, 1.165) is 11.3 Å². The predicted molar refractivity (Wildman–Crippen MR) is 78.5 cm³/mol. The Hall–Kier alpha value is -2.89. The highest BCUT2D eigenvalue weighted by atomic mass is 15.2. The van der Waals surface area contributed by atoms with E-state index in [1.807, 2.05) is 43.3 Å². The zero-order chi connectivity index (χ0) is 13.9. The Balaban J connectivity index is 1.94. The van der Waals surface area contributed by atoms with Crippen molar-refractivity contribution in [3.05, 3.63) is 48.2 Å². The molecule has 2 heterocycles. The van der Waals surface area contributed by atoms with E-state index >= 15 is 0 Å². The average Bonchev–Trinajstić information content (AvgIpc) is 2.84. The number of benzene rings is 1. The van der Waals surface area contributed by atoms with Crippen molar-refractivity contribution in [2.45, 2.75) is 6.92 Å². The molecule has 0 saturated carbocycles. The number of aromatic amines is 1. The van der Waals surface area contributed by atoms with Crippen LogP contribution < -0.4 is 11.1 Å². The first-order chi connectivity index (χ1) is 9.70. The predicted octanol–water partition coefficient (Wildman–Crippen LogP) is 2.50. The van der Waals surface area contributed by atoms with Gasteiger partial charge in [-0.3, -0.25) is 5.10 Å². The standard InChI is InChI=1S/C14H14N6/c1-9-7-13(20-19-9)17-12-8-11(15)16-14(18-12)10-5-3-2-4-6-10/h2-8H,1H3,(H4,15,16,17,18,19,20). The molecule has 0 aliphatic heterocycles. The molecule has 0 aliphatic rings. The maximum atomic E-state index is 5.84. The van der Waals surface area contributed by atoms with E-state index in [2.05, 4.69) is 25.5 Å². The van der Waals surface area contributed by atoms with Gasteiger partial charge in [-0.25, -0.2) is 9.97 Å². The molecule has 0 atom stereocenters. The molecule has 0 unspecified atom stereocenters. The first kappa shape index (κ1) is 12.2. The van der Waals surface area contributed by atoms with Gasteiger partial charge in [0.2, 0.25) is 0 Å². The van der Waals surface area contributed by atoms with Crippen LogP contribution in [0.15, 0.2) is 42.5 Å². The topological polar surface area (TPSA) is 92.5 Å². The molecule has 0 radical (unpaired) electrons. The summed E-state index contributed by atoms with van der Waals surface area (Å²) in [6.07, 6.45) is 0. The number of nitrogen functional groups attached to an aromatic ring is 1. The maximum absolute atomic E-state index is 5.84. The molecular formula is C14H14N6. The summed E-state index contributed by atoms with van der Waals surface area (Å²) >= 11 is 0. The van der Waals surface area contributed by atoms with Crippen LogP contribution in [0.4, 0.5) is 17.5 Å². The van der Waals surface area contributed by atoms with Gasteiger partial charge in [-0.05, 0) is 6.92 Å². The van der Waals surface area contributed by atoms with Crippen LogP contribution in [0.5, 0.6) is 0 Å². The highest BCUT2D eigenvalue weighted by Crippen LogP contribution is 2.20. The number of H-pyrrole nitrogens is 1. The highest BCUT2D eigenvalue weighted by Gasteiger charge is 2.06. The molecule has 2 aromatic heterocycles. The van der Waals surface area contributed by atoms with Crippen molar-refractivity contribution in [1.29, 1.82) is 0 Å². The molecular weight excluding hydrogens is 252 g/mol. The van der Waals surface area contributed by atoms with Crippen LogP contribution in [0, 0.1) is 6.92 Å². The Labute approximate surface area is 116 Å². The van der Waals surface area contributed by atoms with E-state index in [1.165, 1.54) is 0 Å². The third-order valence-electron chi connectivity index (χ3n) is 2.74. The molecule has 1 aromatic carbocycles. The summed E-state index contributed by atoms with van der Waals surface area (Å²) in [6, 6.07) is 13.3. The third kappa shape index (κ3) is 2.59. The Morgan fingerprint density at radius 1 is 1.05 bits per heavy atom. The molecule has 0 bridgehead atoms. The molecule has 0 fully saturated rings. The lowest BCUT2D eigenvalue weighted by Gasteiger charge is -2.06. The van der Waals surface area contributed by atoms with Gasteiger partial charge in [0.1, 0.15) is 11.6 Å². The van der Waals surface area contributed by atoms with Gasteiger partial charge in [-0.1, -0.05) is 30.3 Å². The van der Waals surface area contributed by atoms with Crippen LogP contribution >= 0.6 is 0 Å². The van der Waals surface area contributed by atoms with Crippen molar-refractivity contribution in [1.82, 2.24) is 20.2 Å². The monoisotopic (exact) mass is 266 g/mol. The van der Waals surface area contributed by atoms with Crippen LogP contribution in [0.1, 0.15) is 5.69 Å². The molecule has 0 amide bonds. The van der Waals surface area contributed by atoms with E-state index in [0.29, 0.717) is 23.3 Å². The molecule has 4 N–H and O–H groups in total. The van der Waals surface area contributed by atoms with E-state index in [9.17, 15) is 0 Å². The molecule has 0 aliphatic carbocycles. The van der Waals surface area contributed by atoms with Crippen LogP contribution in [0.2, 0.25) is 0 Å². The summed E-state index contributed by atoms with van der Waals surface area (Å²) in [5.41, 5.74) is 7.72. The fraction of sp³-hybridized carbons (Fsp3) is 0.0714. The minimum atomic E-state index is 0.411. The summed E-state index contributed by atoms with van der Waals surface area (Å²) in [4.78, 5) is 8.70. The van der Waals surface area contributed by atoms with Crippen molar-refractivity contribution in [2.75, 3.05) is 11.1 Å². The molecule has 6 heteroatoms. The molecule has 20 heavy (non-hydrogen) atoms. The quantitative estimate of drug-likeness (QED) is 0.677. The minimum absolute atomic E-state index is 0.411. The SMILES string of the molecule is Cc1cc(Nc2cc(N)nc(-c3ccccc3)n2)n[nH]1. The number of aryl methyl sites for hydroxylation is 1. The normalized spacial score (nSPS) is 10.4. The van der Waals surface area contributed by atoms with Crippen molar-refractivity contribution in [3.8, 4) is 11.4 Å². The van der Waals surface area contributed by atoms with Gasteiger partial charge in [-0.15, -0.1) is 0 Å². The molecule has 3 aromatic rings. The molecule has 0 saturated heterocycles. The fourth-order valence-electron chi connectivity index (χ4n) is 1.86. The second-order valence-corrected chi connectivity index (χ2v) is 4.43. The summed E-state index contributed by atoms with van der Waals surface area (Å²) in [6.45, 7) is 1.93. The highest BCUT2D eigenvalue weighted by molar-refractivity contribution is 5.63. The van der Waals surface area contributed by atoms with E-state index in [4.69, 9.17) is 5.73 Å². The smallest absolute Gasteiger partial charge is 0.163 e. The zero-order valence-corrected chi connectivity index (χ0v) is 11.0. The number of nitrogens with zero attached hydrogens (tertiary/aromatic N) is 3. The Morgan fingerprint density at radius 2 is 1.85 bits per heavy atom. The van der Waals surface area contributed by atoms with Gasteiger partial charge in [0, 0.05) is 23.4 Å². The van der Waals surface area contributed by atoms with Crippen LogP contribution in [0.25, 0.3) is 11.4 Å². The molecule has 6 nitrogen and oxygen atoms in total. The van der Waals surface area contributed by atoms with Crippen LogP contribution in [-0.4, -0.2) is 20.2 Å². The molecule has 0 spiro atoms. The van der Waals surface area contributed by atoms with Gasteiger partial charge < -0.3 is 11.1 Å². The number of nitrogens with one attached hydrogen (secondary N) is 2. The molecule has 3 rings (SSSR count). The number of anilines is 3. The van der Waals surface area contributed by atoms with Crippen LogP contribution in [-0.2, 0) is 0 Å². The summed E-state index contributed by atoms with van der Waals surface area (Å²) < 4.78 is 0. The Morgan fingerprint density at radius 3 is 2.55 bits per heavy atom. The lowest BCUT2D eigenvalue weighted by Crippen LogP contribution is -2.01. The van der Waals surface area contributed by atoms with Crippen LogP contribution in [0.3, 0.4) is 0 Å². The lowest BCUT2D eigenvalue weighted by molar-refractivity contribution is 1.05.